The van der Waals surface area contributed by atoms with Crippen LogP contribution in [-0.2, 0) is 65.4 Å². The Balaban J connectivity index is 5.25. The third-order valence-electron chi connectivity index (χ3n) is 17.2. The van der Waals surface area contributed by atoms with E-state index in [1.54, 1.807) is 0 Å². The fourth-order valence-electron chi connectivity index (χ4n) is 11.0. The van der Waals surface area contributed by atoms with Gasteiger partial charge in [-0.1, -0.05) is 318 Å². The Labute approximate surface area is 562 Å². The van der Waals surface area contributed by atoms with Gasteiger partial charge < -0.3 is 33.8 Å². The van der Waals surface area contributed by atoms with Crippen LogP contribution in [0.15, 0.2) is 0 Å². The van der Waals surface area contributed by atoms with Crippen LogP contribution in [0.25, 0.3) is 0 Å². The molecule has 0 radical (unpaired) electrons. The molecule has 0 saturated heterocycles. The molecule has 0 aromatic rings. The van der Waals surface area contributed by atoms with E-state index < -0.39 is 97.5 Å². The van der Waals surface area contributed by atoms with Crippen molar-refractivity contribution in [3.63, 3.8) is 0 Å². The minimum Gasteiger partial charge on any atom is -0.462 e. The molecule has 0 bridgehead atoms. The van der Waals surface area contributed by atoms with Crippen molar-refractivity contribution in [2.45, 2.75) is 388 Å². The Morgan fingerprint density at radius 3 is 0.826 bits per heavy atom. The molecule has 92 heavy (non-hydrogen) atoms. The number of phosphoric acid groups is 2. The average molecular weight is 1350 g/mol. The zero-order chi connectivity index (χ0) is 68.0. The average Bonchev–Trinajstić information content (AvgIpc) is 1.70. The Bertz CT molecular complexity index is 1800. The highest BCUT2D eigenvalue weighted by atomic mass is 31.2. The summed E-state index contributed by atoms with van der Waals surface area (Å²) in [6.45, 7) is 11.8. The van der Waals surface area contributed by atoms with E-state index in [2.05, 4.69) is 48.5 Å². The molecule has 3 unspecified atom stereocenters. The maximum Gasteiger partial charge on any atom is 0.472 e. The monoisotopic (exact) mass is 1350 g/mol. The van der Waals surface area contributed by atoms with Crippen molar-refractivity contribution < 1.29 is 80.2 Å². The summed E-state index contributed by atoms with van der Waals surface area (Å²) < 4.78 is 68.4. The number of unbranched alkanes of at least 4 members (excludes halogenated alkanes) is 38. The Kier molecular flexibility index (Phi) is 62.4. The minimum absolute atomic E-state index is 0.106. The molecule has 0 rings (SSSR count). The molecule has 0 saturated carbocycles. The van der Waals surface area contributed by atoms with Crippen LogP contribution in [0.5, 0.6) is 0 Å². The molecule has 0 aliphatic rings. The molecule has 3 N–H and O–H groups in total. The molecule has 0 aromatic heterocycles. The molecule has 0 aliphatic heterocycles. The number of esters is 4. The normalized spacial score (nSPS) is 14.4. The molecule has 546 valence electrons. The lowest BCUT2D eigenvalue weighted by Gasteiger charge is -2.21. The van der Waals surface area contributed by atoms with Crippen molar-refractivity contribution in [1.29, 1.82) is 0 Å². The van der Waals surface area contributed by atoms with Crippen LogP contribution in [0.2, 0.25) is 0 Å². The summed E-state index contributed by atoms with van der Waals surface area (Å²) in [7, 11) is -9.91. The maximum atomic E-state index is 13.1. The largest absolute Gasteiger partial charge is 0.472 e. The van der Waals surface area contributed by atoms with E-state index in [-0.39, 0.29) is 25.7 Å². The molecule has 0 aliphatic carbocycles. The van der Waals surface area contributed by atoms with Crippen molar-refractivity contribution in [2.24, 2.45) is 17.8 Å². The highest BCUT2D eigenvalue weighted by Crippen LogP contribution is 2.45. The number of ether oxygens (including phenoxy) is 4. The van der Waals surface area contributed by atoms with Gasteiger partial charge in [-0.25, -0.2) is 9.13 Å². The van der Waals surface area contributed by atoms with E-state index in [0.29, 0.717) is 31.6 Å². The minimum atomic E-state index is -4.96. The second kappa shape index (κ2) is 63.8. The van der Waals surface area contributed by atoms with Gasteiger partial charge in [0, 0.05) is 25.7 Å². The molecule has 6 atom stereocenters. The summed E-state index contributed by atoms with van der Waals surface area (Å²) in [6, 6.07) is 0. The number of carbonyl (C=O) groups excluding carboxylic acids is 4. The second-order valence-corrected chi connectivity index (χ2v) is 30.4. The zero-order valence-corrected chi connectivity index (χ0v) is 61.8. The first-order valence-electron chi connectivity index (χ1n) is 37.9. The van der Waals surface area contributed by atoms with Gasteiger partial charge in [0.25, 0.3) is 0 Å². The number of aliphatic hydroxyl groups is 1. The van der Waals surface area contributed by atoms with Crippen molar-refractivity contribution in [3.8, 4) is 0 Å². The molecule has 0 fully saturated rings. The van der Waals surface area contributed by atoms with Crippen LogP contribution in [0.1, 0.15) is 370 Å². The van der Waals surface area contributed by atoms with Crippen molar-refractivity contribution in [1.82, 2.24) is 0 Å². The van der Waals surface area contributed by atoms with Crippen molar-refractivity contribution in [2.75, 3.05) is 39.6 Å². The summed E-state index contributed by atoms with van der Waals surface area (Å²) in [5.41, 5.74) is 0. The Morgan fingerprint density at radius 2 is 0.554 bits per heavy atom. The number of rotatable bonds is 71. The van der Waals surface area contributed by atoms with Gasteiger partial charge in [0.1, 0.15) is 19.3 Å². The lowest BCUT2D eigenvalue weighted by Crippen LogP contribution is -2.30. The summed E-state index contributed by atoms with van der Waals surface area (Å²) >= 11 is 0. The van der Waals surface area contributed by atoms with Gasteiger partial charge >= 0.3 is 39.5 Å². The highest BCUT2D eigenvalue weighted by Gasteiger charge is 2.30. The number of hydrogen-bond acceptors (Lipinski definition) is 15. The lowest BCUT2D eigenvalue weighted by atomic mass is 9.99. The predicted molar refractivity (Wildman–Crippen MR) is 372 cm³/mol. The highest BCUT2D eigenvalue weighted by molar-refractivity contribution is 7.47. The van der Waals surface area contributed by atoms with Gasteiger partial charge in [0.2, 0.25) is 0 Å². The smallest absolute Gasteiger partial charge is 0.462 e. The fraction of sp³-hybridized carbons (Fsp3) is 0.945. The standard InChI is InChI=1S/C73H142O17P2/c1-8-10-11-12-13-14-15-17-21-28-33-42-49-56-73(78)90-69(61-84-71(76)55-48-41-36-35-38-45-52-65(5)6)63-88-92(81,82)86-59-67(74)58-85-91(79,80)87-62-68(60-83-70(75)54-47-40-32-27-24-23-26-31-39-46-53-66(7)9-2)89-72(77)57-50-43-34-29-22-19-16-18-20-25-30-37-44-51-64(3)4/h64-69,74H,8-63H2,1-7H3,(H,79,80)(H,81,82)/t66?,67-,68-,69-/m1/s1. The third kappa shape index (κ3) is 65.4. The number of hydrogen-bond donors (Lipinski definition) is 3. The van der Waals surface area contributed by atoms with Crippen LogP contribution >= 0.6 is 15.6 Å². The molecule has 0 heterocycles. The molecular weight excluding hydrogens is 1210 g/mol. The van der Waals surface area contributed by atoms with E-state index >= 15 is 0 Å². The first-order valence-corrected chi connectivity index (χ1v) is 40.9. The number of carbonyl (C=O) groups is 4. The van der Waals surface area contributed by atoms with E-state index in [9.17, 15) is 43.2 Å². The van der Waals surface area contributed by atoms with Crippen LogP contribution in [-0.4, -0.2) is 96.7 Å². The van der Waals surface area contributed by atoms with Crippen molar-refractivity contribution >= 4 is 39.5 Å². The van der Waals surface area contributed by atoms with Crippen molar-refractivity contribution in [3.05, 3.63) is 0 Å². The topological polar surface area (TPSA) is 237 Å². The first-order chi connectivity index (χ1) is 44.3. The number of aliphatic hydroxyl groups excluding tert-OH is 1. The zero-order valence-electron chi connectivity index (χ0n) is 60.0. The predicted octanol–water partition coefficient (Wildman–Crippen LogP) is 21.0. The summed E-state index contributed by atoms with van der Waals surface area (Å²) in [5, 5.41) is 10.6. The maximum absolute atomic E-state index is 13.1. The molecule has 0 spiro atoms. The van der Waals surface area contributed by atoms with Gasteiger partial charge in [0.05, 0.1) is 26.4 Å². The van der Waals surface area contributed by atoms with E-state index in [0.717, 1.165) is 108 Å². The van der Waals surface area contributed by atoms with Crippen LogP contribution in [0.4, 0.5) is 0 Å². The van der Waals surface area contributed by atoms with E-state index in [1.165, 1.54) is 173 Å². The summed E-state index contributed by atoms with van der Waals surface area (Å²) in [5.74, 6) is 0.153. The summed E-state index contributed by atoms with van der Waals surface area (Å²) in [4.78, 5) is 72.7. The van der Waals surface area contributed by atoms with Gasteiger partial charge in [-0.15, -0.1) is 0 Å². The van der Waals surface area contributed by atoms with Gasteiger partial charge in [-0.2, -0.15) is 0 Å². The van der Waals surface area contributed by atoms with E-state index in [4.69, 9.17) is 37.0 Å². The molecular formula is C73H142O17P2. The molecule has 0 amide bonds. The summed E-state index contributed by atoms with van der Waals surface area (Å²) in [6.07, 6.45) is 48.5. The molecule has 19 heteroatoms. The first kappa shape index (κ1) is 90.1. The molecule has 0 aromatic carbocycles. The Morgan fingerprint density at radius 1 is 0.315 bits per heavy atom. The van der Waals surface area contributed by atoms with Gasteiger partial charge in [-0.3, -0.25) is 37.3 Å². The third-order valence-corrected chi connectivity index (χ3v) is 19.1. The van der Waals surface area contributed by atoms with Gasteiger partial charge in [-0.05, 0) is 43.4 Å². The van der Waals surface area contributed by atoms with Crippen LogP contribution in [0, 0.1) is 17.8 Å². The van der Waals surface area contributed by atoms with E-state index in [1.807, 2.05) is 0 Å². The number of phosphoric ester groups is 2. The van der Waals surface area contributed by atoms with Gasteiger partial charge in [0.15, 0.2) is 12.2 Å². The fourth-order valence-corrected chi connectivity index (χ4v) is 12.6. The second-order valence-electron chi connectivity index (χ2n) is 27.5. The van der Waals surface area contributed by atoms with Crippen LogP contribution < -0.4 is 0 Å². The lowest BCUT2D eigenvalue weighted by molar-refractivity contribution is -0.161. The molecule has 17 nitrogen and oxygen atoms in total. The Hall–Kier alpha value is -1.94. The quantitative estimate of drug-likeness (QED) is 0.0222. The SMILES string of the molecule is CCCCCCCCCCCCCCCC(=O)O[C@H](COC(=O)CCCCCCCCC(C)C)COP(=O)(O)OC[C@H](O)COP(=O)(O)OC[C@@H](COC(=O)CCCCCCCCCCCCC(C)CC)OC(=O)CCCCCCCCCCCCCCCC(C)C. The van der Waals surface area contributed by atoms with Crippen LogP contribution in [0.3, 0.4) is 0 Å².